The molecule has 0 aliphatic carbocycles. The first-order valence-corrected chi connectivity index (χ1v) is 5.83. The van der Waals surface area contributed by atoms with E-state index in [2.05, 4.69) is 10.3 Å². The van der Waals surface area contributed by atoms with E-state index in [-0.39, 0.29) is 6.42 Å². The van der Waals surface area contributed by atoms with Crippen molar-refractivity contribution < 1.29 is 9.90 Å². The average molecular weight is 266 g/mol. The minimum Gasteiger partial charge on any atom is -0.481 e. The molecule has 0 amide bonds. The number of nitrogens with zero attached hydrogens (tertiary/aromatic N) is 3. The second-order valence-corrected chi connectivity index (χ2v) is 4.42. The number of halogens is 1. The van der Waals surface area contributed by atoms with Crippen molar-refractivity contribution in [1.29, 1.82) is 0 Å². The van der Waals surface area contributed by atoms with Gasteiger partial charge in [-0.25, -0.2) is 4.68 Å². The molecule has 0 unspecified atom stereocenters. The lowest BCUT2D eigenvalue weighted by Gasteiger charge is -2.04. The predicted molar refractivity (Wildman–Crippen MR) is 67.1 cm³/mol. The third-order valence-electron chi connectivity index (χ3n) is 2.54. The van der Waals surface area contributed by atoms with Crippen molar-refractivity contribution in [2.75, 3.05) is 0 Å². The van der Waals surface area contributed by atoms with E-state index in [0.29, 0.717) is 17.1 Å². The summed E-state index contributed by atoms with van der Waals surface area (Å²) < 4.78 is 1.63. The Morgan fingerprint density at radius 1 is 1.50 bits per heavy atom. The first-order chi connectivity index (χ1) is 8.56. The SMILES string of the molecule is Cc1cc(Cl)ccc1-n1cc(CCC(=O)O)nn1. The van der Waals surface area contributed by atoms with Crippen LogP contribution in [0.1, 0.15) is 17.7 Å². The third-order valence-corrected chi connectivity index (χ3v) is 2.78. The van der Waals surface area contributed by atoms with Crippen LogP contribution in [0.2, 0.25) is 5.02 Å². The highest BCUT2D eigenvalue weighted by molar-refractivity contribution is 6.30. The summed E-state index contributed by atoms with van der Waals surface area (Å²) >= 11 is 5.88. The minimum absolute atomic E-state index is 0.0539. The third kappa shape index (κ3) is 2.87. The van der Waals surface area contributed by atoms with Crippen LogP contribution >= 0.6 is 11.6 Å². The minimum atomic E-state index is -0.841. The number of aryl methyl sites for hydroxylation is 2. The van der Waals surface area contributed by atoms with Crippen molar-refractivity contribution in [2.45, 2.75) is 19.8 Å². The van der Waals surface area contributed by atoms with Gasteiger partial charge < -0.3 is 5.11 Å². The molecule has 1 aromatic carbocycles. The molecule has 2 rings (SSSR count). The second-order valence-electron chi connectivity index (χ2n) is 3.98. The van der Waals surface area contributed by atoms with E-state index in [1.54, 1.807) is 16.9 Å². The lowest BCUT2D eigenvalue weighted by atomic mass is 10.2. The van der Waals surface area contributed by atoms with Gasteiger partial charge in [0.05, 0.1) is 24.0 Å². The number of aliphatic carboxylic acids is 1. The van der Waals surface area contributed by atoms with Gasteiger partial charge in [-0.15, -0.1) is 5.10 Å². The molecule has 1 N–H and O–H groups in total. The van der Waals surface area contributed by atoms with Crippen LogP contribution in [-0.2, 0) is 11.2 Å². The Labute approximate surface area is 109 Å². The standard InChI is InChI=1S/C12H12ClN3O2/c1-8-6-9(13)2-4-11(8)16-7-10(14-15-16)3-5-12(17)18/h2,4,6-7H,3,5H2,1H3,(H,17,18). The van der Waals surface area contributed by atoms with Crippen molar-refractivity contribution in [3.05, 3.63) is 40.7 Å². The smallest absolute Gasteiger partial charge is 0.303 e. The molecule has 0 atom stereocenters. The van der Waals surface area contributed by atoms with E-state index in [0.717, 1.165) is 11.3 Å². The molecule has 2 aromatic rings. The molecular weight excluding hydrogens is 254 g/mol. The number of rotatable bonds is 4. The first kappa shape index (κ1) is 12.6. The van der Waals surface area contributed by atoms with E-state index >= 15 is 0 Å². The van der Waals surface area contributed by atoms with Crippen LogP contribution in [0.3, 0.4) is 0 Å². The summed E-state index contributed by atoms with van der Waals surface area (Å²) in [4.78, 5) is 10.5. The summed E-state index contributed by atoms with van der Waals surface area (Å²) in [5.41, 5.74) is 2.53. The van der Waals surface area contributed by atoms with Gasteiger partial charge >= 0.3 is 5.97 Å². The fourth-order valence-corrected chi connectivity index (χ4v) is 1.87. The van der Waals surface area contributed by atoms with E-state index in [1.165, 1.54) is 0 Å². The normalized spacial score (nSPS) is 10.6. The number of aromatic nitrogens is 3. The van der Waals surface area contributed by atoms with Crippen LogP contribution in [0.25, 0.3) is 5.69 Å². The molecule has 0 aliphatic rings. The monoisotopic (exact) mass is 265 g/mol. The number of hydrogen-bond acceptors (Lipinski definition) is 3. The van der Waals surface area contributed by atoms with Crippen molar-refractivity contribution in [3.8, 4) is 5.69 Å². The fourth-order valence-electron chi connectivity index (χ4n) is 1.64. The van der Waals surface area contributed by atoms with Crippen LogP contribution in [0, 0.1) is 6.92 Å². The number of carboxylic acid groups (broad SMARTS) is 1. The number of benzene rings is 1. The molecule has 5 nitrogen and oxygen atoms in total. The second kappa shape index (κ2) is 5.18. The van der Waals surface area contributed by atoms with Crippen LogP contribution in [0.15, 0.2) is 24.4 Å². The Morgan fingerprint density at radius 3 is 2.94 bits per heavy atom. The van der Waals surface area contributed by atoms with Crippen LogP contribution < -0.4 is 0 Å². The zero-order valence-electron chi connectivity index (χ0n) is 9.80. The van der Waals surface area contributed by atoms with Crippen LogP contribution in [0.5, 0.6) is 0 Å². The summed E-state index contributed by atoms with van der Waals surface area (Å²) in [6.07, 6.45) is 2.17. The fraction of sp³-hybridized carbons (Fsp3) is 0.250. The van der Waals surface area contributed by atoms with E-state index in [1.807, 2.05) is 19.1 Å². The van der Waals surface area contributed by atoms with Gasteiger partial charge in [-0.2, -0.15) is 0 Å². The number of carbonyl (C=O) groups is 1. The maximum absolute atomic E-state index is 10.5. The van der Waals surface area contributed by atoms with Crippen LogP contribution in [0.4, 0.5) is 0 Å². The molecule has 0 fully saturated rings. The highest BCUT2D eigenvalue weighted by Crippen LogP contribution is 2.18. The van der Waals surface area contributed by atoms with Gasteiger partial charge in [-0.1, -0.05) is 16.8 Å². The molecule has 0 spiro atoms. The van der Waals surface area contributed by atoms with Gasteiger partial charge in [0.25, 0.3) is 0 Å². The molecule has 1 heterocycles. The topological polar surface area (TPSA) is 68.0 Å². The van der Waals surface area contributed by atoms with Gasteiger partial charge in [-0.3, -0.25) is 4.79 Å². The average Bonchev–Trinajstić information content (AvgIpc) is 2.75. The van der Waals surface area contributed by atoms with Gasteiger partial charge in [0, 0.05) is 11.4 Å². The Morgan fingerprint density at radius 2 is 2.28 bits per heavy atom. The van der Waals surface area contributed by atoms with E-state index in [9.17, 15) is 4.79 Å². The highest BCUT2D eigenvalue weighted by atomic mass is 35.5. The molecule has 0 bridgehead atoms. The zero-order chi connectivity index (χ0) is 13.1. The maximum atomic E-state index is 10.5. The quantitative estimate of drug-likeness (QED) is 0.921. The molecule has 0 saturated carbocycles. The van der Waals surface area contributed by atoms with Crippen molar-refractivity contribution in [1.82, 2.24) is 15.0 Å². The maximum Gasteiger partial charge on any atom is 0.303 e. The van der Waals surface area contributed by atoms with E-state index < -0.39 is 5.97 Å². The van der Waals surface area contributed by atoms with Gasteiger partial charge in [-0.05, 0) is 30.7 Å². The molecule has 0 aliphatic heterocycles. The van der Waals surface area contributed by atoms with Gasteiger partial charge in [0.2, 0.25) is 0 Å². The zero-order valence-corrected chi connectivity index (χ0v) is 10.6. The molecule has 6 heteroatoms. The first-order valence-electron chi connectivity index (χ1n) is 5.46. The molecule has 0 radical (unpaired) electrons. The Bertz CT molecular complexity index is 580. The Kier molecular flexibility index (Phi) is 3.62. The predicted octanol–water partition coefficient (Wildman–Crippen LogP) is 2.25. The molecule has 1 aromatic heterocycles. The Balaban J connectivity index is 2.21. The summed E-state index contributed by atoms with van der Waals surface area (Å²) in [6, 6.07) is 5.48. The molecule has 94 valence electrons. The largest absolute Gasteiger partial charge is 0.481 e. The van der Waals surface area contributed by atoms with E-state index in [4.69, 9.17) is 16.7 Å². The Hall–Kier alpha value is -1.88. The number of carboxylic acids is 1. The summed E-state index contributed by atoms with van der Waals surface area (Å²) in [7, 11) is 0. The molecule has 18 heavy (non-hydrogen) atoms. The number of hydrogen-bond donors (Lipinski definition) is 1. The molecule has 0 saturated heterocycles. The van der Waals surface area contributed by atoms with Crippen molar-refractivity contribution in [3.63, 3.8) is 0 Å². The van der Waals surface area contributed by atoms with Gasteiger partial charge in [0.1, 0.15) is 0 Å². The summed E-state index contributed by atoms with van der Waals surface area (Å²) in [5, 5.41) is 17.2. The van der Waals surface area contributed by atoms with Crippen molar-refractivity contribution in [2.24, 2.45) is 0 Å². The summed E-state index contributed by atoms with van der Waals surface area (Å²) in [6.45, 7) is 1.93. The highest BCUT2D eigenvalue weighted by Gasteiger charge is 2.07. The van der Waals surface area contributed by atoms with Gasteiger partial charge in [0.15, 0.2) is 0 Å². The lowest BCUT2D eigenvalue weighted by molar-refractivity contribution is -0.136. The lowest BCUT2D eigenvalue weighted by Crippen LogP contribution is -1.98. The summed E-state index contributed by atoms with van der Waals surface area (Å²) in [5.74, 6) is -0.841. The molecular formula is C12H12ClN3O2. The van der Waals surface area contributed by atoms with Crippen LogP contribution in [-0.4, -0.2) is 26.1 Å². The van der Waals surface area contributed by atoms with Crippen molar-refractivity contribution >= 4 is 17.6 Å².